The predicted octanol–water partition coefficient (Wildman–Crippen LogP) is 3.80. The first-order valence-electron chi connectivity index (χ1n) is 8.75. The second-order valence-electron chi connectivity index (χ2n) is 6.62. The Morgan fingerprint density at radius 1 is 1.23 bits per heavy atom. The maximum atomic E-state index is 12.0. The molecule has 0 aliphatic carbocycles. The highest BCUT2D eigenvalue weighted by Gasteiger charge is 2.16. The number of benzene rings is 1. The van der Waals surface area contributed by atoms with Crippen molar-refractivity contribution in [2.24, 2.45) is 5.73 Å². The number of nitrogens with zero attached hydrogens (tertiary/aromatic N) is 2. The molecule has 0 unspecified atom stereocenters. The lowest BCUT2D eigenvalue weighted by Crippen LogP contribution is -2.14. The molecular formula is C20H24N4O2. The highest BCUT2D eigenvalue weighted by atomic mass is 16.5. The van der Waals surface area contributed by atoms with Gasteiger partial charge in [-0.2, -0.15) is 0 Å². The molecule has 0 atom stereocenters. The highest BCUT2D eigenvalue weighted by Crippen LogP contribution is 2.34. The first kappa shape index (κ1) is 18.1. The minimum Gasteiger partial charge on any atom is -0.361 e. The van der Waals surface area contributed by atoms with Crippen LogP contribution in [-0.2, 0) is 4.79 Å². The summed E-state index contributed by atoms with van der Waals surface area (Å²) in [5.74, 6) is 0.759. The van der Waals surface area contributed by atoms with E-state index in [-0.39, 0.29) is 5.91 Å². The third-order valence-corrected chi connectivity index (χ3v) is 4.67. The molecule has 1 aromatic carbocycles. The number of rotatable bonds is 5. The van der Waals surface area contributed by atoms with Gasteiger partial charge in [0, 0.05) is 17.4 Å². The van der Waals surface area contributed by atoms with Gasteiger partial charge in [0.15, 0.2) is 0 Å². The lowest BCUT2D eigenvalue weighted by Gasteiger charge is -2.13. The van der Waals surface area contributed by atoms with Gasteiger partial charge < -0.3 is 15.6 Å². The van der Waals surface area contributed by atoms with Crippen molar-refractivity contribution in [3.05, 3.63) is 40.9 Å². The molecule has 0 saturated heterocycles. The molecule has 6 nitrogen and oxygen atoms in total. The largest absolute Gasteiger partial charge is 0.361 e. The molecule has 3 N–H and O–H groups in total. The first-order valence-corrected chi connectivity index (χ1v) is 8.75. The molecule has 3 rings (SSSR count). The molecule has 2 heterocycles. The van der Waals surface area contributed by atoms with E-state index in [1.54, 1.807) is 6.20 Å². The molecule has 6 heteroatoms. The Balaban J connectivity index is 2.03. The van der Waals surface area contributed by atoms with Crippen LogP contribution < -0.4 is 11.1 Å². The summed E-state index contributed by atoms with van der Waals surface area (Å²) in [6.07, 6.45) is 2.80. The van der Waals surface area contributed by atoms with Crippen molar-refractivity contribution in [2.45, 2.75) is 40.5 Å². The topological polar surface area (TPSA) is 94.0 Å². The van der Waals surface area contributed by atoms with Crippen LogP contribution in [0.25, 0.3) is 22.0 Å². The van der Waals surface area contributed by atoms with Crippen molar-refractivity contribution in [1.82, 2.24) is 10.1 Å². The molecule has 2 aromatic heterocycles. The molecule has 0 spiro atoms. The molecule has 3 aromatic rings. The number of anilines is 1. The Bertz CT molecular complexity index is 956. The highest BCUT2D eigenvalue weighted by molar-refractivity contribution is 5.97. The van der Waals surface area contributed by atoms with Crippen LogP contribution >= 0.6 is 0 Å². The average Bonchev–Trinajstić information content (AvgIpc) is 2.94. The van der Waals surface area contributed by atoms with Crippen molar-refractivity contribution in [2.75, 3.05) is 11.9 Å². The predicted molar refractivity (Wildman–Crippen MR) is 103 cm³/mol. The zero-order chi connectivity index (χ0) is 18.8. The van der Waals surface area contributed by atoms with Crippen molar-refractivity contribution in [1.29, 1.82) is 0 Å². The summed E-state index contributed by atoms with van der Waals surface area (Å²) in [6, 6.07) is 4.17. The van der Waals surface area contributed by atoms with Gasteiger partial charge in [-0.3, -0.25) is 9.78 Å². The molecule has 0 radical (unpaired) electrons. The van der Waals surface area contributed by atoms with Crippen LogP contribution in [0.15, 0.2) is 22.9 Å². The third kappa shape index (κ3) is 3.32. The fourth-order valence-electron chi connectivity index (χ4n) is 3.22. The van der Waals surface area contributed by atoms with E-state index < -0.39 is 0 Å². The summed E-state index contributed by atoms with van der Waals surface area (Å²) >= 11 is 0. The van der Waals surface area contributed by atoms with E-state index in [2.05, 4.69) is 34.5 Å². The van der Waals surface area contributed by atoms with E-state index in [0.717, 1.165) is 50.3 Å². The van der Waals surface area contributed by atoms with Crippen molar-refractivity contribution < 1.29 is 9.32 Å². The number of nitrogens with one attached hydrogen (secondary N) is 1. The SMILES string of the molecule is Cc1cc2c(C)c(NC(=O)CCCN)cnc2cc1-c1c(C)noc1C. The zero-order valence-electron chi connectivity index (χ0n) is 15.6. The Labute approximate surface area is 152 Å². The van der Waals surface area contributed by atoms with Gasteiger partial charge in [0.05, 0.1) is 23.1 Å². The number of nitrogens with two attached hydrogens (primary N) is 1. The maximum Gasteiger partial charge on any atom is 0.224 e. The molecule has 136 valence electrons. The number of carbonyl (C=O) groups is 1. The van der Waals surface area contributed by atoms with Gasteiger partial charge in [-0.1, -0.05) is 5.16 Å². The van der Waals surface area contributed by atoms with Crippen molar-refractivity contribution in [3.63, 3.8) is 0 Å². The Kier molecular flexibility index (Phi) is 5.04. The van der Waals surface area contributed by atoms with Crippen LogP contribution in [0, 0.1) is 27.7 Å². The van der Waals surface area contributed by atoms with E-state index in [0.29, 0.717) is 19.4 Å². The van der Waals surface area contributed by atoms with Crippen LogP contribution in [0.3, 0.4) is 0 Å². The number of hydrogen-bond acceptors (Lipinski definition) is 5. The van der Waals surface area contributed by atoms with E-state index in [9.17, 15) is 4.79 Å². The fraction of sp³-hybridized carbons (Fsp3) is 0.350. The summed E-state index contributed by atoms with van der Waals surface area (Å²) < 4.78 is 5.31. The molecule has 0 saturated carbocycles. The van der Waals surface area contributed by atoms with Crippen molar-refractivity contribution >= 4 is 22.5 Å². The quantitative estimate of drug-likeness (QED) is 0.728. The fourth-order valence-corrected chi connectivity index (χ4v) is 3.22. The molecule has 0 aliphatic heterocycles. The lowest BCUT2D eigenvalue weighted by molar-refractivity contribution is -0.116. The minimum absolute atomic E-state index is 0.0382. The maximum absolute atomic E-state index is 12.0. The minimum atomic E-state index is -0.0382. The van der Waals surface area contributed by atoms with Gasteiger partial charge >= 0.3 is 0 Å². The van der Waals surface area contributed by atoms with Gasteiger partial charge in [-0.15, -0.1) is 0 Å². The van der Waals surface area contributed by atoms with Crippen LogP contribution in [0.5, 0.6) is 0 Å². The van der Waals surface area contributed by atoms with Crippen LogP contribution in [0.4, 0.5) is 5.69 Å². The zero-order valence-corrected chi connectivity index (χ0v) is 15.6. The van der Waals surface area contributed by atoms with E-state index >= 15 is 0 Å². The molecule has 0 bridgehead atoms. The van der Waals surface area contributed by atoms with Gasteiger partial charge in [0.25, 0.3) is 0 Å². The lowest BCUT2D eigenvalue weighted by atomic mass is 9.95. The second kappa shape index (κ2) is 7.25. The normalized spacial score (nSPS) is 11.1. The van der Waals surface area contributed by atoms with Crippen LogP contribution in [0.2, 0.25) is 0 Å². The number of pyridine rings is 1. The molecule has 26 heavy (non-hydrogen) atoms. The standard InChI is InChI=1S/C20H24N4O2/c1-11-8-16-12(2)18(23-19(25)6-5-7-21)10-22-17(16)9-15(11)20-13(3)24-26-14(20)4/h8-10H,5-7,21H2,1-4H3,(H,23,25). The number of fused-ring (bicyclic) bond motifs is 1. The average molecular weight is 352 g/mol. The Morgan fingerprint density at radius 3 is 2.65 bits per heavy atom. The Hall–Kier alpha value is -2.73. The monoisotopic (exact) mass is 352 g/mol. The summed E-state index contributed by atoms with van der Waals surface area (Å²) in [7, 11) is 0. The van der Waals surface area contributed by atoms with Crippen LogP contribution in [-0.4, -0.2) is 22.6 Å². The number of hydrogen-bond donors (Lipinski definition) is 2. The van der Waals surface area contributed by atoms with Gasteiger partial charge in [0.1, 0.15) is 5.76 Å². The molecule has 0 fully saturated rings. The summed E-state index contributed by atoms with van der Waals surface area (Å²) in [4.78, 5) is 16.6. The van der Waals surface area contributed by atoms with Gasteiger partial charge in [0.2, 0.25) is 5.91 Å². The van der Waals surface area contributed by atoms with Crippen molar-refractivity contribution in [3.8, 4) is 11.1 Å². The number of aromatic nitrogens is 2. The molecule has 0 aliphatic rings. The smallest absolute Gasteiger partial charge is 0.224 e. The van der Waals surface area contributed by atoms with Crippen LogP contribution in [0.1, 0.15) is 35.4 Å². The number of aryl methyl sites for hydroxylation is 4. The van der Waals surface area contributed by atoms with E-state index in [1.165, 1.54) is 0 Å². The third-order valence-electron chi connectivity index (χ3n) is 4.67. The van der Waals surface area contributed by atoms with E-state index in [1.807, 2.05) is 20.8 Å². The molecule has 1 amide bonds. The summed E-state index contributed by atoms with van der Waals surface area (Å²) in [5.41, 5.74) is 12.2. The van der Waals surface area contributed by atoms with Gasteiger partial charge in [-0.05, 0) is 69.5 Å². The second-order valence-corrected chi connectivity index (χ2v) is 6.62. The first-order chi connectivity index (χ1) is 12.4. The Morgan fingerprint density at radius 2 is 2.00 bits per heavy atom. The number of amides is 1. The summed E-state index contributed by atoms with van der Waals surface area (Å²) in [5, 5.41) is 8.01. The number of carbonyl (C=O) groups excluding carboxylic acids is 1. The van der Waals surface area contributed by atoms with E-state index in [4.69, 9.17) is 10.3 Å². The summed E-state index contributed by atoms with van der Waals surface area (Å²) in [6.45, 7) is 8.42. The van der Waals surface area contributed by atoms with Gasteiger partial charge in [-0.25, -0.2) is 0 Å². The molecular weight excluding hydrogens is 328 g/mol.